The van der Waals surface area contributed by atoms with Gasteiger partial charge in [-0.3, -0.25) is 5.10 Å². The van der Waals surface area contributed by atoms with Crippen LogP contribution in [0.1, 0.15) is 5.56 Å². The summed E-state index contributed by atoms with van der Waals surface area (Å²) >= 11 is 5.84. The van der Waals surface area contributed by atoms with E-state index < -0.39 is 0 Å². The number of rotatable bonds is 4. The topological polar surface area (TPSA) is 76.8 Å². The first kappa shape index (κ1) is 13.5. The Bertz CT molecular complexity index is 722. The van der Waals surface area contributed by atoms with E-state index >= 15 is 0 Å². The van der Waals surface area contributed by atoms with Crippen molar-refractivity contribution in [1.82, 2.24) is 15.2 Å². The van der Waals surface area contributed by atoms with Gasteiger partial charge in [-0.2, -0.15) is 4.98 Å². The zero-order valence-corrected chi connectivity index (χ0v) is 11.8. The van der Waals surface area contributed by atoms with Crippen LogP contribution in [0, 0.1) is 0 Å². The maximum absolute atomic E-state index is 5.84. The lowest BCUT2D eigenvalue weighted by molar-refractivity contribution is 0.306. The van der Waals surface area contributed by atoms with E-state index in [4.69, 9.17) is 22.1 Å². The van der Waals surface area contributed by atoms with Gasteiger partial charge >= 0.3 is 0 Å². The molecule has 0 radical (unpaired) electrons. The van der Waals surface area contributed by atoms with Gasteiger partial charge in [0.25, 0.3) is 0 Å². The number of anilines is 1. The van der Waals surface area contributed by atoms with E-state index in [9.17, 15) is 0 Å². The molecular formula is C15H13ClN4O. The van der Waals surface area contributed by atoms with Crippen LogP contribution in [-0.4, -0.2) is 15.2 Å². The highest BCUT2D eigenvalue weighted by Gasteiger charge is 2.03. The fourth-order valence-corrected chi connectivity index (χ4v) is 1.99. The Hall–Kier alpha value is -2.53. The third-order valence-electron chi connectivity index (χ3n) is 2.95. The SMILES string of the molecule is Nc1n[nH]c(-c2ccc(OCc3ccc(Cl)cc3)cc2)n1. The molecule has 0 saturated carbocycles. The number of hydrogen-bond acceptors (Lipinski definition) is 4. The number of nitrogens with zero attached hydrogens (tertiary/aromatic N) is 2. The highest BCUT2D eigenvalue weighted by molar-refractivity contribution is 6.30. The van der Waals surface area contributed by atoms with Crippen LogP contribution in [0.5, 0.6) is 5.75 Å². The van der Waals surface area contributed by atoms with Crippen molar-refractivity contribution in [2.45, 2.75) is 6.61 Å². The van der Waals surface area contributed by atoms with Gasteiger partial charge in [0.2, 0.25) is 5.95 Å². The Balaban J connectivity index is 1.65. The molecule has 0 aliphatic heterocycles. The lowest BCUT2D eigenvalue weighted by atomic mass is 10.2. The number of benzene rings is 2. The van der Waals surface area contributed by atoms with Gasteiger partial charge < -0.3 is 10.5 Å². The van der Waals surface area contributed by atoms with Crippen LogP contribution >= 0.6 is 11.6 Å². The Morgan fingerprint density at radius 1 is 1.05 bits per heavy atom. The largest absolute Gasteiger partial charge is 0.489 e. The smallest absolute Gasteiger partial charge is 0.239 e. The van der Waals surface area contributed by atoms with Gasteiger partial charge in [0, 0.05) is 10.6 Å². The number of aromatic amines is 1. The van der Waals surface area contributed by atoms with Crippen molar-refractivity contribution in [3.63, 3.8) is 0 Å². The van der Waals surface area contributed by atoms with E-state index in [0.717, 1.165) is 21.9 Å². The van der Waals surface area contributed by atoms with Crippen LogP contribution in [0.15, 0.2) is 48.5 Å². The molecule has 0 spiro atoms. The van der Waals surface area contributed by atoms with Crippen molar-refractivity contribution in [1.29, 1.82) is 0 Å². The van der Waals surface area contributed by atoms with Crippen molar-refractivity contribution in [3.05, 3.63) is 59.1 Å². The molecule has 0 atom stereocenters. The Labute approximate surface area is 126 Å². The monoisotopic (exact) mass is 300 g/mol. The summed E-state index contributed by atoms with van der Waals surface area (Å²) in [4.78, 5) is 4.07. The molecule has 0 unspecified atom stereocenters. The normalized spacial score (nSPS) is 10.5. The molecule has 0 aliphatic carbocycles. The van der Waals surface area contributed by atoms with Crippen molar-refractivity contribution < 1.29 is 4.74 Å². The van der Waals surface area contributed by atoms with E-state index in [1.807, 2.05) is 48.5 Å². The number of nitrogens with one attached hydrogen (secondary N) is 1. The van der Waals surface area contributed by atoms with Crippen molar-refractivity contribution in [2.75, 3.05) is 5.73 Å². The zero-order chi connectivity index (χ0) is 14.7. The maximum atomic E-state index is 5.84. The van der Waals surface area contributed by atoms with Crippen LogP contribution in [0.25, 0.3) is 11.4 Å². The summed E-state index contributed by atoms with van der Waals surface area (Å²) in [6.07, 6.45) is 0. The molecule has 5 nitrogen and oxygen atoms in total. The summed E-state index contributed by atoms with van der Waals surface area (Å²) in [6.45, 7) is 0.492. The fourth-order valence-electron chi connectivity index (χ4n) is 1.86. The second-order valence-corrected chi connectivity index (χ2v) is 4.92. The number of aromatic nitrogens is 3. The molecule has 1 aromatic heterocycles. The fraction of sp³-hybridized carbons (Fsp3) is 0.0667. The maximum Gasteiger partial charge on any atom is 0.239 e. The van der Waals surface area contributed by atoms with E-state index in [-0.39, 0.29) is 5.95 Å². The van der Waals surface area contributed by atoms with Gasteiger partial charge in [-0.25, -0.2) is 0 Å². The molecule has 0 saturated heterocycles. The van der Waals surface area contributed by atoms with Crippen LogP contribution < -0.4 is 10.5 Å². The standard InChI is InChI=1S/C15H13ClN4O/c16-12-5-1-10(2-6-12)9-21-13-7-3-11(4-8-13)14-18-15(17)20-19-14/h1-8H,9H2,(H3,17,18,19,20). The quantitative estimate of drug-likeness (QED) is 0.775. The van der Waals surface area contributed by atoms with Gasteiger partial charge in [0.05, 0.1) is 0 Å². The van der Waals surface area contributed by atoms with Gasteiger partial charge in [-0.15, -0.1) is 5.10 Å². The average Bonchev–Trinajstić information content (AvgIpc) is 2.94. The summed E-state index contributed by atoms with van der Waals surface area (Å²) in [5.74, 6) is 1.64. The third-order valence-corrected chi connectivity index (χ3v) is 3.20. The molecule has 3 aromatic rings. The number of H-pyrrole nitrogens is 1. The molecule has 1 heterocycles. The highest BCUT2D eigenvalue weighted by Crippen LogP contribution is 2.20. The molecule has 106 valence electrons. The molecule has 0 fully saturated rings. The van der Waals surface area contributed by atoms with Gasteiger partial charge in [0.15, 0.2) is 5.82 Å². The van der Waals surface area contributed by atoms with E-state index in [1.165, 1.54) is 0 Å². The first-order valence-corrected chi connectivity index (χ1v) is 6.74. The van der Waals surface area contributed by atoms with E-state index in [2.05, 4.69) is 15.2 Å². The van der Waals surface area contributed by atoms with Gasteiger partial charge in [-0.1, -0.05) is 23.7 Å². The predicted molar refractivity (Wildman–Crippen MR) is 82.0 cm³/mol. The molecule has 3 rings (SSSR count). The highest BCUT2D eigenvalue weighted by atomic mass is 35.5. The first-order valence-electron chi connectivity index (χ1n) is 6.36. The predicted octanol–water partition coefficient (Wildman–Crippen LogP) is 3.29. The Morgan fingerprint density at radius 3 is 2.38 bits per heavy atom. The minimum Gasteiger partial charge on any atom is -0.489 e. The van der Waals surface area contributed by atoms with Crippen molar-refractivity contribution >= 4 is 17.5 Å². The lowest BCUT2D eigenvalue weighted by Gasteiger charge is -2.06. The van der Waals surface area contributed by atoms with E-state index in [0.29, 0.717) is 12.4 Å². The summed E-state index contributed by atoms with van der Waals surface area (Å²) in [5, 5.41) is 7.28. The Kier molecular flexibility index (Phi) is 3.75. The summed E-state index contributed by atoms with van der Waals surface area (Å²) in [6, 6.07) is 15.1. The van der Waals surface area contributed by atoms with Crippen molar-refractivity contribution in [3.8, 4) is 17.1 Å². The lowest BCUT2D eigenvalue weighted by Crippen LogP contribution is -1.95. The number of hydrogen-bond donors (Lipinski definition) is 2. The van der Waals surface area contributed by atoms with E-state index in [1.54, 1.807) is 0 Å². The van der Waals surface area contributed by atoms with Crippen LogP contribution in [0.3, 0.4) is 0 Å². The number of nitrogens with two attached hydrogens (primary N) is 1. The molecule has 3 N–H and O–H groups in total. The summed E-state index contributed by atoms with van der Waals surface area (Å²) in [7, 11) is 0. The summed E-state index contributed by atoms with van der Waals surface area (Å²) in [5.41, 5.74) is 7.44. The molecule has 0 bridgehead atoms. The molecule has 0 amide bonds. The van der Waals surface area contributed by atoms with Crippen LogP contribution in [0.2, 0.25) is 5.02 Å². The minimum absolute atomic E-state index is 0.230. The second-order valence-electron chi connectivity index (χ2n) is 4.48. The molecular weight excluding hydrogens is 288 g/mol. The van der Waals surface area contributed by atoms with Crippen LogP contribution in [0.4, 0.5) is 5.95 Å². The average molecular weight is 301 g/mol. The molecule has 0 aliphatic rings. The van der Waals surface area contributed by atoms with Crippen LogP contribution in [-0.2, 0) is 6.61 Å². The summed E-state index contributed by atoms with van der Waals surface area (Å²) < 4.78 is 5.71. The first-order chi connectivity index (χ1) is 10.2. The third kappa shape index (κ3) is 3.32. The number of halogens is 1. The van der Waals surface area contributed by atoms with Gasteiger partial charge in [-0.05, 0) is 42.0 Å². The second kappa shape index (κ2) is 5.85. The zero-order valence-electron chi connectivity index (χ0n) is 11.1. The molecule has 2 aromatic carbocycles. The number of nitrogen functional groups attached to an aromatic ring is 1. The van der Waals surface area contributed by atoms with Crippen molar-refractivity contribution in [2.24, 2.45) is 0 Å². The molecule has 6 heteroatoms. The van der Waals surface area contributed by atoms with Gasteiger partial charge in [0.1, 0.15) is 12.4 Å². The number of ether oxygens (including phenoxy) is 1. The molecule has 21 heavy (non-hydrogen) atoms. The minimum atomic E-state index is 0.230. The Morgan fingerprint density at radius 2 is 1.76 bits per heavy atom.